The molecule has 0 aromatic carbocycles. The van der Waals surface area contributed by atoms with E-state index in [1.807, 2.05) is 11.3 Å². The normalized spacial score (nSPS) is 20.9. The van der Waals surface area contributed by atoms with E-state index in [0.29, 0.717) is 6.04 Å². The number of aryl methyl sites for hydroxylation is 1. The minimum atomic E-state index is 0.680. The number of hydrogen-bond acceptors (Lipinski definition) is 4. The molecule has 0 spiro atoms. The summed E-state index contributed by atoms with van der Waals surface area (Å²) in [6.45, 7) is 3.30. The fraction of sp³-hybridized carbons (Fsp3) is 0.727. The molecule has 0 radical (unpaired) electrons. The maximum absolute atomic E-state index is 4.57. The van der Waals surface area contributed by atoms with Crippen molar-refractivity contribution in [2.24, 2.45) is 0 Å². The Hall–Kier alpha value is -0.610. The highest BCUT2D eigenvalue weighted by Gasteiger charge is 2.18. The summed E-state index contributed by atoms with van der Waals surface area (Å²) < 4.78 is 0. The Bertz CT molecular complexity index is 327. The van der Waals surface area contributed by atoms with E-state index in [1.165, 1.54) is 30.0 Å². The van der Waals surface area contributed by atoms with Crippen molar-refractivity contribution in [3.05, 3.63) is 10.6 Å². The second kappa shape index (κ2) is 4.49. The third kappa shape index (κ3) is 2.49. The zero-order valence-corrected chi connectivity index (χ0v) is 10.5. The molecule has 4 heteroatoms. The third-order valence-corrected chi connectivity index (χ3v) is 4.21. The monoisotopic (exact) mass is 225 g/mol. The molecule has 1 fully saturated rings. The van der Waals surface area contributed by atoms with Crippen LogP contribution in [-0.2, 0) is 6.42 Å². The van der Waals surface area contributed by atoms with Gasteiger partial charge >= 0.3 is 0 Å². The summed E-state index contributed by atoms with van der Waals surface area (Å²) in [6.07, 6.45) is 3.79. The van der Waals surface area contributed by atoms with E-state index in [-0.39, 0.29) is 0 Å². The fourth-order valence-electron chi connectivity index (χ4n) is 1.95. The molecular weight excluding hydrogens is 206 g/mol. The van der Waals surface area contributed by atoms with Crippen molar-refractivity contribution in [3.8, 4) is 0 Å². The highest BCUT2D eigenvalue weighted by Crippen LogP contribution is 2.26. The summed E-state index contributed by atoms with van der Waals surface area (Å²) in [5.41, 5.74) is 1.21. The maximum atomic E-state index is 4.57. The van der Waals surface area contributed by atoms with E-state index < -0.39 is 0 Å². The lowest BCUT2D eigenvalue weighted by Gasteiger charge is -2.08. The number of aromatic nitrogens is 1. The first-order valence-corrected chi connectivity index (χ1v) is 6.35. The van der Waals surface area contributed by atoms with Crippen LogP contribution in [0.4, 0.5) is 5.13 Å². The van der Waals surface area contributed by atoms with Gasteiger partial charge in [-0.1, -0.05) is 0 Å². The standard InChI is InChI=1S/C11H19N3S/c1-8-10(7-9-5-4-6-12-9)15-11(13-8)14(2)3/h9,12H,4-7H2,1-3H3. The summed E-state index contributed by atoms with van der Waals surface area (Å²) in [5, 5.41) is 4.66. The molecule has 2 rings (SSSR count). The van der Waals surface area contributed by atoms with Crippen LogP contribution in [0.15, 0.2) is 0 Å². The van der Waals surface area contributed by atoms with Crippen molar-refractivity contribution in [2.75, 3.05) is 25.5 Å². The van der Waals surface area contributed by atoms with Crippen molar-refractivity contribution in [3.63, 3.8) is 0 Å². The highest BCUT2D eigenvalue weighted by atomic mass is 32.1. The van der Waals surface area contributed by atoms with Gasteiger partial charge in [0.1, 0.15) is 0 Å². The van der Waals surface area contributed by atoms with Crippen LogP contribution in [0, 0.1) is 6.92 Å². The molecule has 1 aliphatic heterocycles. The van der Waals surface area contributed by atoms with Crippen LogP contribution in [0.1, 0.15) is 23.4 Å². The second-order valence-electron chi connectivity index (χ2n) is 4.40. The summed E-state index contributed by atoms with van der Waals surface area (Å²) in [6, 6.07) is 0.680. The van der Waals surface area contributed by atoms with Gasteiger partial charge in [-0.3, -0.25) is 0 Å². The molecule has 1 unspecified atom stereocenters. The largest absolute Gasteiger partial charge is 0.354 e. The zero-order valence-electron chi connectivity index (χ0n) is 9.71. The summed E-state index contributed by atoms with van der Waals surface area (Å²) >= 11 is 1.83. The molecule has 1 aliphatic rings. The SMILES string of the molecule is Cc1nc(N(C)C)sc1CC1CCCN1. The Labute approximate surface area is 95.5 Å². The molecule has 0 saturated carbocycles. The lowest BCUT2D eigenvalue weighted by atomic mass is 10.1. The lowest BCUT2D eigenvalue weighted by molar-refractivity contribution is 0.606. The van der Waals surface area contributed by atoms with Crippen LogP contribution in [0.25, 0.3) is 0 Å². The van der Waals surface area contributed by atoms with E-state index in [9.17, 15) is 0 Å². The summed E-state index contributed by atoms with van der Waals surface area (Å²) in [5.74, 6) is 0. The Morgan fingerprint density at radius 1 is 1.53 bits per heavy atom. The van der Waals surface area contributed by atoms with Crippen molar-refractivity contribution in [1.29, 1.82) is 0 Å². The Balaban J connectivity index is 2.06. The van der Waals surface area contributed by atoms with E-state index in [2.05, 4.69) is 36.2 Å². The van der Waals surface area contributed by atoms with Crippen LogP contribution < -0.4 is 10.2 Å². The minimum absolute atomic E-state index is 0.680. The number of nitrogens with zero attached hydrogens (tertiary/aromatic N) is 2. The molecule has 0 aliphatic carbocycles. The number of nitrogens with one attached hydrogen (secondary N) is 1. The molecule has 2 heterocycles. The summed E-state index contributed by atoms with van der Waals surface area (Å²) in [7, 11) is 4.10. The third-order valence-electron chi connectivity index (χ3n) is 2.86. The van der Waals surface area contributed by atoms with E-state index >= 15 is 0 Å². The zero-order chi connectivity index (χ0) is 10.8. The quantitative estimate of drug-likeness (QED) is 0.850. The van der Waals surface area contributed by atoms with Crippen molar-refractivity contribution in [2.45, 2.75) is 32.2 Å². The predicted molar refractivity (Wildman–Crippen MR) is 65.9 cm³/mol. The Morgan fingerprint density at radius 2 is 2.33 bits per heavy atom. The average molecular weight is 225 g/mol. The molecule has 0 amide bonds. The van der Waals surface area contributed by atoms with Crippen LogP contribution in [0.5, 0.6) is 0 Å². The second-order valence-corrected chi connectivity index (χ2v) is 5.46. The van der Waals surface area contributed by atoms with Crippen molar-refractivity contribution < 1.29 is 0 Å². The van der Waals surface area contributed by atoms with Gasteiger partial charge in [0.2, 0.25) is 0 Å². The van der Waals surface area contributed by atoms with Gasteiger partial charge in [0.05, 0.1) is 5.69 Å². The van der Waals surface area contributed by atoms with Gasteiger partial charge < -0.3 is 10.2 Å². The van der Waals surface area contributed by atoms with Crippen LogP contribution in [0.2, 0.25) is 0 Å². The first kappa shape index (κ1) is 10.9. The lowest BCUT2D eigenvalue weighted by Crippen LogP contribution is -2.23. The number of anilines is 1. The van der Waals surface area contributed by atoms with Gasteiger partial charge in [0, 0.05) is 25.0 Å². The molecule has 1 saturated heterocycles. The van der Waals surface area contributed by atoms with Crippen molar-refractivity contribution in [1.82, 2.24) is 10.3 Å². The van der Waals surface area contributed by atoms with Crippen LogP contribution in [0.3, 0.4) is 0 Å². The van der Waals surface area contributed by atoms with Gasteiger partial charge in [-0.05, 0) is 32.7 Å². The van der Waals surface area contributed by atoms with Gasteiger partial charge in [0.25, 0.3) is 0 Å². The molecular formula is C11H19N3S. The predicted octanol–water partition coefficient (Wildman–Crippen LogP) is 1.81. The van der Waals surface area contributed by atoms with E-state index in [0.717, 1.165) is 11.6 Å². The van der Waals surface area contributed by atoms with Gasteiger partial charge in [-0.2, -0.15) is 0 Å². The van der Waals surface area contributed by atoms with Crippen LogP contribution in [-0.4, -0.2) is 31.7 Å². The first-order chi connectivity index (χ1) is 7.16. The Morgan fingerprint density at radius 3 is 2.87 bits per heavy atom. The maximum Gasteiger partial charge on any atom is 0.185 e. The average Bonchev–Trinajstić information content (AvgIpc) is 2.77. The minimum Gasteiger partial charge on any atom is -0.354 e. The smallest absolute Gasteiger partial charge is 0.185 e. The number of hydrogen-bond donors (Lipinski definition) is 1. The molecule has 0 bridgehead atoms. The van der Waals surface area contributed by atoms with Gasteiger partial charge in [-0.15, -0.1) is 11.3 Å². The van der Waals surface area contributed by atoms with Crippen LogP contribution >= 0.6 is 11.3 Å². The summed E-state index contributed by atoms with van der Waals surface area (Å²) in [4.78, 5) is 8.10. The molecule has 84 valence electrons. The topological polar surface area (TPSA) is 28.2 Å². The number of thiazole rings is 1. The molecule has 1 N–H and O–H groups in total. The molecule has 1 aromatic heterocycles. The van der Waals surface area contributed by atoms with Crippen molar-refractivity contribution >= 4 is 16.5 Å². The van der Waals surface area contributed by atoms with Gasteiger partial charge in [0.15, 0.2) is 5.13 Å². The fourth-order valence-corrected chi connectivity index (χ4v) is 3.01. The highest BCUT2D eigenvalue weighted by molar-refractivity contribution is 7.15. The molecule has 15 heavy (non-hydrogen) atoms. The Kier molecular flexibility index (Phi) is 3.26. The van der Waals surface area contributed by atoms with E-state index in [1.54, 1.807) is 0 Å². The first-order valence-electron chi connectivity index (χ1n) is 5.54. The molecule has 3 nitrogen and oxygen atoms in total. The molecule has 1 aromatic rings. The van der Waals surface area contributed by atoms with E-state index in [4.69, 9.17) is 0 Å². The molecule has 1 atom stereocenters. The van der Waals surface area contributed by atoms with Gasteiger partial charge in [-0.25, -0.2) is 4.98 Å². The number of rotatable bonds is 3.